The number of hydrogen-bond acceptors (Lipinski definition) is 3. The first-order chi connectivity index (χ1) is 7.95. The van der Waals surface area contributed by atoms with Crippen LogP contribution >= 0.6 is 11.3 Å². The van der Waals surface area contributed by atoms with Crippen molar-refractivity contribution in [3.8, 4) is 0 Å². The number of thiophene rings is 1. The molecule has 2 unspecified atom stereocenters. The van der Waals surface area contributed by atoms with Crippen LogP contribution in [0.1, 0.15) is 36.6 Å². The van der Waals surface area contributed by atoms with Crippen LogP contribution in [0, 0.1) is 0 Å². The minimum absolute atomic E-state index is 0.644. The van der Waals surface area contributed by atoms with Crippen molar-refractivity contribution in [3.05, 3.63) is 22.4 Å². The zero-order valence-electron chi connectivity index (χ0n) is 9.69. The van der Waals surface area contributed by atoms with E-state index in [-0.39, 0.29) is 0 Å². The van der Waals surface area contributed by atoms with Crippen LogP contribution in [-0.2, 0) is 0 Å². The number of rotatable bonds is 3. The van der Waals surface area contributed by atoms with Gasteiger partial charge in [-0.1, -0.05) is 6.07 Å². The average molecular weight is 236 g/mol. The minimum atomic E-state index is 0.644. The van der Waals surface area contributed by atoms with E-state index >= 15 is 0 Å². The van der Waals surface area contributed by atoms with Crippen LogP contribution in [0.2, 0.25) is 0 Å². The van der Waals surface area contributed by atoms with Crippen LogP contribution in [0.3, 0.4) is 0 Å². The van der Waals surface area contributed by atoms with Crippen LogP contribution in [0.25, 0.3) is 0 Å². The van der Waals surface area contributed by atoms with E-state index in [1.165, 1.54) is 45.3 Å². The molecule has 0 bridgehead atoms. The molecule has 1 N–H and O–H groups in total. The molecule has 0 aliphatic carbocycles. The molecule has 2 fully saturated rings. The fourth-order valence-electron chi connectivity index (χ4n) is 3.09. The van der Waals surface area contributed by atoms with Crippen molar-refractivity contribution >= 4 is 11.3 Å². The van der Waals surface area contributed by atoms with Crippen LogP contribution in [-0.4, -0.2) is 30.6 Å². The largest absolute Gasteiger partial charge is 0.312 e. The van der Waals surface area contributed by atoms with Crippen LogP contribution in [0.5, 0.6) is 0 Å². The maximum atomic E-state index is 3.69. The highest BCUT2D eigenvalue weighted by atomic mass is 32.1. The summed E-state index contributed by atoms with van der Waals surface area (Å²) in [6.45, 7) is 3.79. The molecule has 2 atom stereocenters. The summed E-state index contributed by atoms with van der Waals surface area (Å²) in [5, 5.41) is 5.90. The van der Waals surface area contributed by atoms with Crippen molar-refractivity contribution in [1.82, 2.24) is 10.2 Å². The van der Waals surface area contributed by atoms with Crippen molar-refractivity contribution < 1.29 is 0 Å². The van der Waals surface area contributed by atoms with Gasteiger partial charge in [0.25, 0.3) is 0 Å². The Balaban J connectivity index is 1.81. The molecule has 2 aliphatic heterocycles. The quantitative estimate of drug-likeness (QED) is 0.868. The molecule has 0 amide bonds. The molecule has 3 rings (SSSR count). The van der Waals surface area contributed by atoms with Crippen molar-refractivity contribution in [3.63, 3.8) is 0 Å². The van der Waals surface area contributed by atoms with Gasteiger partial charge < -0.3 is 5.32 Å². The standard InChI is InChI=1S/C13H20N2S/c1-2-9-15(8-1)13(11-5-3-7-14-11)12-6-4-10-16-12/h4,6,10-11,13-14H,1-3,5,7-9H2. The molecule has 0 saturated carbocycles. The first-order valence-corrected chi connectivity index (χ1v) is 7.34. The summed E-state index contributed by atoms with van der Waals surface area (Å²) in [5.41, 5.74) is 0. The summed E-state index contributed by atoms with van der Waals surface area (Å²) < 4.78 is 0. The molecule has 3 heteroatoms. The first kappa shape index (κ1) is 10.8. The smallest absolute Gasteiger partial charge is 0.0595 e. The molecule has 0 radical (unpaired) electrons. The van der Waals surface area contributed by atoms with Crippen LogP contribution < -0.4 is 5.32 Å². The molecule has 0 spiro atoms. The summed E-state index contributed by atoms with van der Waals surface area (Å²) in [5.74, 6) is 0. The monoisotopic (exact) mass is 236 g/mol. The predicted molar refractivity (Wildman–Crippen MR) is 68.9 cm³/mol. The molecule has 16 heavy (non-hydrogen) atoms. The second-order valence-corrected chi connectivity index (χ2v) is 5.89. The van der Waals surface area contributed by atoms with E-state index in [1.807, 2.05) is 11.3 Å². The van der Waals surface area contributed by atoms with Crippen molar-refractivity contribution in [1.29, 1.82) is 0 Å². The number of likely N-dealkylation sites (tertiary alicyclic amines) is 1. The Hall–Kier alpha value is -0.380. The van der Waals surface area contributed by atoms with E-state index in [0.717, 1.165) is 0 Å². The van der Waals surface area contributed by atoms with E-state index in [9.17, 15) is 0 Å². The van der Waals surface area contributed by atoms with Crippen molar-refractivity contribution in [2.75, 3.05) is 19.6 Å². The van der Waals surface area contributed by atoms with E-state index in [4.69, 9.17) is 0 Å². The van der Waals surface area contributed by atoms with Gasteiger partial charge in [-0.15, -0.1) is 11.3 Å². The fraction of sp³-hybridized carbons (Fsp3) is 0.692. The van der Waals surface area contributed by atoms with Gasteiger partial charge in [-0.05, 0) is 56.8 Å². The van der Waals surface area contributed by atoms with Crippen molar-refractivity contribution in [2.24, 2.45) is 0 Å². The summed E-state index contributed by atoms with van der Waals surface area (Å²) in [4.78, 5) is 4.25. The molecule has 0 aromatic carbocycles. The van der Waals surface area contributed by atoms with Gasteiger partial charge in [-0.3, -0.25) is 4.90 Å². The summed E-state index contributed by atoms with van der Waals surface area (Å²) in [7, 11) is 0. The summed E-state index contributed by atoms with van der Waals surface area (Å²) in [6.07, 6.45) is 5.46. The lowest BCUT2D eigenvalue weighted by Crippen LogP contribution is -2.39. The highest BCUT2D eigenvalue weighted by Crippen LogP contribution is 2.34. The van der Waals surface area contributed by atoms with Gasteiger partial charge >= 0.3 is 0 Å². The second-order valence-electron chi connectivity index (χ2n) is 4.91. The van der Waals surface area contributed by atoms with Crippen LogP contribution in [0.15, 0.2) is 17.5 Å². The Kier molecular flexibility index (Phi) is 3.27. The third-order valence-electron chi connectivity index (χ3n) is 3.85. The lowest BCUT2D eigenvalue weighted by molar-refractivity contribution is 0.205. The molecule has 2 saturated heterocycles. The minimum Gasteiger partial charge on any atom is -0.312 e. The predicted octanol–water partition coefficient (Wildman–Crippen LogP) is 2.64. The highest BCUT2D eigenvalue weighted by molar-refractivity contribution is 7.10. The normalized spacial score (nSPS) is 28.6. The Morgan fingerprint density at radius 1 is 1.31 bits per heavy atom. The van der Waals surface area contributed by atoms with Gasteiger partial charge in [0.05, 0.1) is 6.04 Å². The Labute approximate surface area is 102 Å². The number of nitrogens with zero attached hydrogens (tertiary/aromatic N) is 1. The summed E-state index contributed by atoms with van der Waals surface area (Å²) in [6, 6.07) is 5.84. The van der Waals surface area contributed by atoms with Gasteiger partial charge in [-0.2, -0.15) is 0 Å². The van der Waals surface area contributed by atoms with Crippen LogP contribution in [0.4, 0.5) is 0 Å². The Bertz CT molecular complexity index is 295. The molecule has 1 aromatic heterocycles. The zero-order valence-corrected chi connectivity index (χ0v) is 10.5. The second kappa shape index (κ2) is 4.86. The van der Waals surface area contributed by atoms with E-state index in [1.54, 1.807) is 4.88 Å². The lowest BCUT2D eigenvalue weighted by atomic mass is 10.0. The number of hydrogen-bond donors (Lipinski definition) is 1. The van der Waals surface area contributed by atoms with E-state index < -0.39 is 0 Å². The van der Waals surface area contributed by atoms with Crippen molar-refractivity contribution in [2.45, 2.75) is 37.8 Å². The molecule has 3 heterocycles. The summed E-state index contributed by atoms with van der Waals surface area (Å²) >= 11 is 1.92. The first-order valence-electron chi connectivity index (χ1n) is 6.46. The Morgan fingerprint density at radius 2 is 2.19 bits per heavy atom. The molecule has 1 aromatic rings. The SMILES string of the molecule is c1csc(C(C2CCCN2)N2CCCC2)c1. The highest BCUT2D eigenvalue weighted by Gasteiger charge is 2.32. The van der Waals surface area contributed by atoms with Gasteiger partial charge in [0.15, 0.2) is 0 Å². The molecule has 2 nitrogen and oxygen atoms in total. The third-order valence-corrected chi connectivity index (χ3v) is 4.79. The molecular weight excluding hydrogens is 216 g/mol. The van der Waals surface area contributed by atoms with Gasteiger partial charge in [-0.25, -0.2) is 0 Å². The van der Waals surface area contributed by atoms with E-state index in [2.05, 4.69) is 27.7 Å². The Morgan fingerprint density at radius 3 is 2.81 bits per heavy atom. The topological polar surface area (TPSA) is 15.3 Å². The van der Waals surface area contributed by atoms with Gasteiger partial charge in [0.1, 0.15) is 0 Å². The van der Waals surface area contributed by atoms with Gasteiger partial charge in [0, 0.05) is 10.9 Å². The maximum Gasteiger partial charge on any atom is 0.0595 e. The molecular formula is C13H20N2S. The zero-order chi connectivity index (χ0) is 10.8. The molecule has 2 aliphatic rings. The average Bonchev–Trinajstić information content (AvgIpc) is 3.02. The maximum absolute atomic E-state index is 3.69. The number of nitrogens with one attached hydrogen (secondary N) is 1. The lowest BCUT2D eigenvalue weighted by Gasteiger charge is -2.31. The fourth-order valence-corrected chi connectivity index (χ4v) is 4.02. The third kappa shape index (κ3) is 2.04. The molecule has 88 valence electrons. The van der Waals surface area contributed by atoms with E-state index in [0.29, 0.717) is 12.1 Å². The van der Waals surface area contributed by atoms with Gasteiger partial charge in [0.2, 0.25) is 0 Å².